The van der Waals surface area contributed by atoms with E-state index < -0.39 is 28.7 Å². The van der Waals surface area contributed by atoms with Gasteiger partial charge in [0.2, 0.25) is 11.5 Å². The van der Waals surface area contributed by atoms with Crippen molar-refractivity contribution in [3.05, 3.63) is 127 Å². The lowest BCUT2D eigenvalue weighted by Gasteiger charge is -2.19. The molecule has 8 heteroatoms. The molecular weight excluding hydrogens is 639 g/mol. The minimum atomic E-state index is -0.987. The number of phenols is 6. The zero-order valence-corrected chi connectivity index (χ0v) is 27.6. The molecule has 0 aliphatic rings. The first-order valence-electron chi connectivity index (χ1n) is 16.4. The van der Waals surface area contributed by atoms with Gasteiger partial charge >= 0.3 is 0 Å². The van der Waals surface area contributed by atoms with E-state index in [0.717, 1.165) is 55.1 Å². The Hall–Kier alpha value is -6.80. The Bertz CT molecular complexity index is 2780. The highest BCUT2D eigenvalue weighted by atomic mass is 16.3. The molecule has 0 unspecified atom stereocenters. The summed E-state index contributed by atoms with van der Waals surface area (Å²) in [6.45, 7) is 2.02. The van der Waals surface area contributed by atoms with Crippen LogP contribution in [0, 0.1) is 6.92 Å². The molecule has 0 atom stereocenters. The minimum Gasteiger partial charge on any atom is -0.508 e. The van der Waals surface area contributed by atoms with Crippen LogP contribution in [0.1, 0.15) is 5.56 Å². The Morgan fingerprint density at radius 2 is 1.00 bits per heavy atom. The zero-order chi connectivity index (χ0) is 35.6. The summed E-state index contributed by atoms with van der Waals surface area (Å²) in [7, 11) is 1.46. The summed E-state index contributed by atoms with van der Waals surface area (Å²) in [6.07, 6.45) is 0. The highest BCUT2D eigenvalue weighted by Gasteiger charge is 2.28. The van der Waals surface area contributed by atoms with E-state index in [2.05, 4.69) is 42.5 Å². The monoisotopic (exact) mass is 670 g/mol. The molecule has 0 spiro atoms. The van der Waals surface area contributed by atoms with Crippen LogP contribution >= 0.6 is 0 Å². The van der Waals surface area contributed by atoms with Crippen molar-refractivity contribution < 1.29 is 35.1 Å². The van der Waals surface area contributed by atoms with Gasteiger partial charge in [-0.25, -0.2) is 0 Å². The quantitative estimate of drug-likeness (QED) is 0.0629. The highest BCUT2D eigenvalue weighted by Crippen LogP contribution is 2.55. The lowest BCUT2D eigenvalue weighted by molar-refractivity contribution is 0.350. The predicted molar refractivity (Wildman–Crippen MR) is 206 cm³/mol. The SMILES string of the molecule is Bc1c(O)c(-c2cccccc(C)c(-c3ccc(-c4ccc5oc6ccccc6c5c4)cc3)c3ccccc23)c2c(O)c(O)c(O)c(O)c2c1O. The van der Waals surface area contributed by atoms with E-state index in [0.29, 0.717) is 10.9 Å². The van der Waals surface area contributed by atoms with Crippen LogP contribution in [0.4, 0.5) is 0 Å². The van der Waals surface area contributed by atoms with E-state index in [1.54, 1.807) is 12.1 Å². The number of hydrogen-bond donors (Lipinski definition) is 6. The molecule has 248 valence electrons. The second kappa shape index (κ2) is 12.0. The summed E-state index contributed by atoms with van der Waals surface area (Å²) in [6, 6.07) is 39.4. The van der Waals surface area contributed by atoms with Crippen LogP contribution in [-0.2, 0) is 0 Å². The molecule has 0 fully saturated rings. The average molecular weight is 671 g/mol. The van der Waals surface area contributed by atoms with Gasteiger partial charge in [0.1, 0.15) is 30.5 Å². The van der Waals surface area contributed by atoms with Crippen LogP contribution < -0.4 is 5.46 Å². The van der Waals surface area contributed by atoms with E-state index >= 15 is 0 Å². The molecule has 0 amide bonds. The molecule has 0 saturated carbocycles. The van der Waals surface area contributed by atoms with Crippen molar-refractivity contribution >= 4 is 56.8 Å². The van der Waals surface area contributed by atoms with Crippen molar-refractivity contribution in [3.8, 4) is 67.9 Å². The van der Waals surface area contributed by atoms with Gasteiger partial charge < -0.3 is 35.1 Å². The van der Waals surface area contributed by atoms with Crippen molar-refractivity contribution in [2.75, 3.05) is 0 Å². The van der Waals surface area contributed by atoms with Gasteiger partial charge in [-0.05, 0) is 74.7 Å². The number of furan rings is 1. The maximum Gasteiger partial charge on any atom is 0.205 e. The van der Waals surface area contributed by atoms with Gasteiger partial charge in [0.05, 0.1) is 5.39 Å². The Morgan fingerprint density at radius 3 is 1.75 bits per heavy atom. The van der Waals surface area contributed by atoms with Crippen LogP contribution in [0.2, 0.25) is 0 Å². The number of fused-ring (bicyclic) bond motifs is 5. The predicted octanol–water partition coefficient (Wildman–Crippen LogP) is 8.82. The first-order chi connectivity index (χ1) is 24.7. The lowest BCUT2D eigenvalue weighted by Crippen LogP contribution is -2.06. The Morgan fingerprint density at radius 1 is 0.431 bits per heavy atom. The summed E-state index contributed by atoms with van der Waals surface area (Å²) in [5, 5.41) is 68.6. The van der Waals surface area contributed by atoms with Crippen LogP contribution in [0.5, 0.6) is 34.5 Å². The van der Waals surface area contributed by atoms with E-state index in [9.17, 15) is 30.6 Å². The number of benzene rings is 6. The van der Waals surface area contributed by atoms with Gasteiger partial charge in [0, 0.05) is 21.7 Å². The number of aromatic hydroxyl groups is 6. The molecule has 7 aromatic carbocycles. The molecular formula is C43H31BO7. The fraction of sp³-hybridized carbons (Fsp3) is 0.0233. The first kappa shape index (κ1) is 31.5. The van der Waals surface area contributed by atoms with Crippen LogP contribution in [-0.4, -0.2) is 38.5 Å². The topological polar surface area (TPSA) is 135 Å². The summed E-state index contributed by atoms with van der Waals surface area (Å²) in [4.78, 5) is 0. The number of aryl methyl sites for hydroxylation is 1. The third-order valence-electron chi connectivity index (χ3n) is 9.70. The minimum absolute atomic E-state index is 0.0146. The van der Waals surface area contributed by atoms with Crippen molar-refractivity contribution in [1.82, 2.24) is 0 Å². The third-order valence-corrected chi connectivity index (χ3v) is 9.70. The molecule has 8 aromatic rings. The van der Waals surface area contributed by atoms with Crippen molar-refractivity contribution in [2.45, 2.75) is 6.92 Å². The molecule has 0 bridgehead atoms. The van der Waals surface area contributed by atoms with Crippen molar-refractivity contribution in [2.24, 2.45) is 0 Å². The maximum absolute atomic E-state index is 11.6. The number of rotatable bonds is 3. The lowest BCUT2D eigenvalue weighted by atomic mass is 9.83. The summed E-state index contributed by atoms with van der Waals surface area (Å²) in [5.74, 6) is -4.50. The van der Waals surface area contributed by atoms with Crippen LogP contribution in [0.3, 0.4) is 0 Å². The van der Waals surface area contributed by atoms with E-state index in [-0.39, 0.29) is 27.5 Å². The van der Waals surface area contributed by atoms with Gasteiger partial charge in [0.25, 0.3) is 0 Å². The van der Waals surface area contributed by atoms with E-state index in [4.69, 9.17) is 4.42 Å². The molecule has 0 aliphatic carbocycles. The molecule has 6 N–H and O–H groups in total. The molecule has 1 heterocycles. The number of para-hydroxylation sites is 1. The molecule has 8 rings (SSSR count). The number of phenolic OH excluding ortho intramolecular Hbond substituents is 6. The maximum atomic E-state index is 11.6. The summed E-state index contributed by atoms with van der Waals surface area (Å²) in [5.41, 5.74) is 7.08. The average Bonchev–Trinajstić information content (AvgIpc) is 3.52. The van der Waals surface area contributed by atoms with Crippen molar-refractivity contribution in [3.63, 3.8) is 0 Å². The molecule has 0 saturated heterocycles. The van der Waals surface area contributed by atoms with Crippen molar-refractivity contribution in [1.29, 1.82) is 0 Å². The Balaban J connectivity index is 1.39. The van der Waals surface area contributed by atoms with E-state index in [1.807, 2.05) is 73.7 Å². The van der Waals surface area contributed by atoms with Gasteiger partial charge in [-0.3, -0.25) is 0 Å². The molecule has 0 radical (unpaired) electrons. The first-order valence-corrected chi connectivity index (χ1v) is 16.4. The second-order valence-electron chi connectivity index (χ2n) is 12.7. The standard InChI is InChI=1S/C43H31BO7/c1-22-9-3-2-4-12-29(34-35-36(39(46)37(44)38(34)45)41(48)43(50)42(49)40(35)47)26-10-5-6-13-28(26)33(22)24-17-15-23(16-18-24)25-19-20-32-30(21-25)27-11-7-8-14-31(27)51-32/h2-21,45-50H,44H2,1H3. The fourth-order valence-corrected chi connectivity index (χ4v) is 7.11. The van der Waals surface area contributed by atoms with Crippen LogP contribution in [0.25, 0.3) is 76.9 Å². The van der Waals surface area contributed by atoms with Crippen LogP contribution in [0.15, 0.2) is 126 Å². The molecule has 1 aromatic heterocycles. The Labute approximate surface area is 292 Å². The van der Waals surface area contributed by atoms with Gasteiger partial charge in [-0.15, -0.1) is 0 Å². The molecule has 51 heavy (non-hydrogen) atoms. The normalized spacial score (nSPS) is 11.4. The molecule has 0 aliphatic heterocycles. The Kier molecular flexibility index (Phi) is 7.38. The third kappa shape index (κ3) is 4.91. The van der Waals surface area contributed by atoms with E-state index in [1.165, 1.54) is 7.85 Å². The van der Waals surface area contributed by atoms with Gasteiger partial charge in [0.15, 0.2) is 11.5 Å². The molecule has 7 nitrogen and oxygen atoms in total. The highest BCUT2D eigenvalue weighted by molar-refractivity contribution is 6.40. The fourth-order valence-electron chi connectivity index (χ4n) is 7.11. The zero-order valence-electron chi connectivity index (χ0n) is 27.6. The number of hydrogen-bond acceptors (Lipinski definition) is 7. The van der Waals surface area contributed by atoms with Gasteiger partial charge in [-0.2, -0.15) is 0 Å². The van der Waals surface area contributed by atoms with Gasteiger partial charge in [-0.1, -0.05) is 103 Å². The summed E-state index contributed by atoms with van der Waals surface area (Å²) < 4.78 is 6.04. The largest absolute Gasteiger partial charge is 0.508 e. The second-order valence-corrected chi connectivity index (χ2v) is 12.7. The smallest absolute Gasteiger partial charge is 0.205 e. The summed E-state index contributed by atoms with van der Waals surface area (Å²) >= 11 is 0.